The highest BCUT2D eigenvalue weighted by Gasteiger charge is 2.60. The number of hydrogen-bond acceptors (Lipinski definition) is 2. The molecule has 0 radical (unpaired) electrons. The topological polar surface area (TPSA) is 29.5 Å². The Morgan fingerprint density at radius 3 is 2.50 bits per heavy atom. The minimum Gasteiger partial charge on any atom is -0.393 e. The van der Waals surface area contributed by atoms with Gasteiger partial charge in [-0.15, -0.1) is 0 Å². The van der Waals surface area contributed by atoms with Crippen molar-refractivity contribution in [3.05, 3.63) is 0 Å². The Morgan fingerprint density at radius 2 is 1.73 bits per heavy atom. The number of methoxy groups -OCH3 is 1. The van der Waals surface area contributed by atoms with Gasteiger partial charge in [0.2, 0.25) is 0 Å². The van der Waals surface area contributed by atoms with Gasteiger partial charge in [0.25, 0.3) is 0 Å². The van der Waals surface area contributed by atoms with Gasteiger partial charge in [-0.2, -0.15) is 0 Å². The summed E-state index contributed by atoms with van der Waals surface area (Å²) in [5.74, 6) is 3.32. The summed E-state index contributed by atoms with van der Waals surface area (Å²) >= 11 is 0. The van der Waals surface area contributed by atoms with E-state index in [4.69, 9.17) is 4.74 Å². The molecule has 0 aliphatic heterocycles. The van der Waals surface area contributed by atoms with Gasteiger partial charge in [-0.05, 0) is 92.3 Å². The van der Waals surface area contributed by atoms with Crippen LogP contribution in [0.4, 0.5) is 0 Å². The highest BCUT2D eigenvalue weighted by Crippen LogP contribution is 2.66. The van der Waals surface area contributed by atoms with Crippen LogP contribution < -0.4 is 0 Å². The Morgan fingerprint density at radius 1 is 0.955 bits per heavy atom. The second kappa shape index (κ2) is 5.21. The molecule has 0 aromatic carbocycles. The fraction of sp³-hybridized carbons (Fsp3) is 1.00. The van der Waals surface area contributed by atoms with E-state index in [2.05, 4.69) is 13.8 Å². The smallest absolute Gasteiger partial charge is 0.0607 e. The molecular weight excluding hydrogens is 272 g/mol. The maximum absolute atomic E-state index is 10.1. The zero-order valence-electron chi connectivity index (χ0n) is 14.7. The molecule has 0 aromatic rings. The predicted octanol–water partition coefficient (Wildman–Crippen LogP) is 4.41. The molecule has 4 rings (SSSR count). The fourth-order valence-electron chi connectivity index (χ4n) is 7.49. The second-order valence-electron chi connectivity index (χ2n) is 9.51. The van der Waals surface area contributed by atoms with Crippen molar-refractivity contribution in [1.82, 2.24) is 0 Å². The van der Waals surface area contributed by atoms with Gasteiger partial charge in [0.1, 0.15) is 0 Å². The molecule has 0 amide bonds. The zero-order chi connectivity index (χ0) is 15.5. The minimum atomic E-state index is -0.0262. The molecular formula is C20H34O2. The number of rotatable bonds is 1. The summed E-state index contributed by atoms with van der Waals surface area (Å²) in [6.45, 7) is 5.12. The third-order valence-corrected chi connectivity index (χ3v) is 8.71. The van der Waals surface area contributed by atoms with E-state index < -0.39 is 0 Å². The van der Waals surface area contributed by atoms with Gasteiger partial charge >= 0.3 is 0 Å². The summed E-state index contributed by atoms with van der Waals surface area (Å²) in [5.41, 5.74) is 1.03. The number of aliphatic hydroxyl groups is 1. The van der Waals surface area contributed by atoms with Crippen LogP contribution in [0.25, 0.3) is 0 Å². The van der Waals surface area contributed by atoms with Gasteiger partial charge in [-0.25, -0.2) is 0 Å². The molecule has 4 fully saturated rings. The molecule has 0 saturated heterocycles. The summed E-state index contributed by atoms with van der Waals surface area (Å²) in [7, 11) is 1.93. The van der Waals surface area contributed by atoms with E-state index in [1.807, 2.05) is 7.11 Å². The van der Waals surface area contributed by atoms with Gasteiger partial charge in [-0.1, -0.05) is 13.8 Å². The van der Waals surface area contributed by atoms with Crippen LogP contribution >= 0.6 is 0 Å². The normalized spacial score (nSPS) is 57.8. The number of aliphatic hydroxyl groups excluding tert-OH is 1. The molecule has 4 saturated carbocycles. The van der Waals surface area contributed by atoms with Crippen molar-refractivity contribution in [2.24, 2.45) is 34.5 Å². The van der Waals surface area contributed by atoms with E-state index in [-0.39, 0.29) is 6.10 Å². The average Bonchev–Trinajstić information content (AvgIpc) is 2.85. The van der Waals surface area contributed by atoms with Crippen molar-refractivity contribution in [2.75, 3.05) is 7.11 Å². The lowest BCUT2D eigenvalue weighted by Gasteiger charge is -2.60. The van der Waals surface area contributed by atoms with E-state index in [1.54, 1.807) is 0 Å². The molecule has 4 aliphatic rings. The zero-order valence-corrected chi connectivity index (χ0v) is 14.7. The summed E-state index contributed by atoms with van der Waals surface area (Å²) in [6.07, 6.45) is 12.0. The Kier molecular flexibility index (Phi) is 3.66. The maximum atomic E-state index is 10.1. The molecule has 0 spiro atoms. The quantitative estimate of drug-likeness (QED) is 0.778. The van der Waals surface area contributed by atoms with Gasteiger partial charge in [0, 0.05) is 7.11 Å². The fourth-order valence-corrected chi connectivity index (χ4v) is 7.49. The molecule has 1 unspecified atom stereocenters. The third-order valence-electron chi connectivity index (χ3n) is 8.71. The van der Waals surface area contributed by atoms with E-state index in [9.17, 15) is 5.11 Å². The largest absolute Gasteiger partial charge is 0.393 e. The van der Waals surface area contributed by atoms with Crippen LogP contribution in [0.2, 0.25) is 0 Å². The summed E-state index contributed by atoms with van der Waals surface area (Å²) in [4.78, 5) is 0. The Bertz CT molecular complexity index is 435. The molecule has 126 valence electrons. The average molecular weight is 306 g/mol. The van der Waals surface area contributed by atoms with Crippen LogP contribution in [0, 0.1) is 34.5 Å². The number of hydrogen-bond donors (Lipinski definition) is 1. The Hall–Kier alpha value is -0.0800. The summed E-state index contributed by atoms with van der Waals surface area (Å²) in [5, 5.41) is 10.1. The van der Waals surface area contributed by atoms with Crippen LogP contribution in [0.1, 0.15) is 71.6 Å². The molecule has 4 aliphatic carbocycles. The number of fused-ring (bicyclic) bond motifs is 5. The van der Waals surface area contributed by atoms with Crippen molar-refractivity contribution in [1.29, 1.82) is 0 Å². The first kappa shape index (κ1) is 15.4. The standard InChI is InChI=1S/C20H34O2/c1-19-9-7-16-15(18(19)17(22-3)8-10-19)5-4-13-12-14(21)6-11-20(13,16)2/h13-18,21H,4-12H2,1-3H3/t13-,14-,15+,16-,17+,18?,19+,20-/m1/s1. The SMILES string of the molecule is CO[C@H]1CC[C@]2(C)CC[C@@H]3[C@H](CC[C@@H]4C[C@H](O)CC[C@]43C)C12. The van der Waals surface area contributed by atoms with Crippen LogP contribution in [0.15, 0.2) is 0 Å². The first-order chi connectivity index (χ1) is 10.5. The first-order valence-electron chi connectivity index (χ1n) is 9.69. The monoisotopic (exact) mass is 306 g/mol. The molecule has 2 nitrogen and oxygen atoms in total. The van der Waals surface area contributed by atoms with E-state index in [0.29, 0.717) is 16.9 Å². The van der Waals surface area contributed by atoms with Crippen molar-refractivity contribution >= 4 is 0 Å². The van der Waals surface area contributed by atoms with Crippen molar-refractivity contribution in [2.45, 2.75) is 83.8 Å². The summed E-state index contributed by atoms with van der Waals surface area (Å²) in [6, 6.07) is 0. The van der Waals surface area contributed by atoms with E-state index >= 15 is 0 Å². The van der Waals surface area contributed by atoms with Crippen LogP contribution in [-0.4, -0.2) is 24.4 Å². The second-order valence-corrected chi connectivity index (χ2v) is 9.51. The molecule has 8 atom stereocenters. The first-order valence-corrected chi connectivity index (χ1v) is 9.69. The molecule has 2 heteroatoms. The van der Waals surface area contributed by atoms with Gasteiger partial charge < -0.3 is 9.84 Å². The summed E-state index contributed by atoms with van der Waals surface area (Å²) < 4.78 is 5.94. The molecule has 22 heavy (non-hydrogen) atoms. The van der Waals surface area contributed by atoms with Crippen molar-refractivity contribution < 1.29 is 9.84 Å². The Balaban J connectivity index is 1.64. The molecule has 0 heterocycles. The highest BCUT2D eigenvalue weighted by atomic mass is 16.5. The minimum absolute atomic E-state index is 0.0262. The molecule has 1 N–H and O–H groups in total. The van der Waals surface area contributed by atoms with Gasteiger partial charge in [0.05, 0.1) is 12.2 Å². The molecule has 0 aromatic heterocycles. The lowest BCUT2D eigenvalue weighted by molar-refractivity contribution is -0.139. The maximum Gasteiger partial charge on any atom is 0.0607 e. The third kappa shape index (κ3) is 2.05. The van der Waals surface area contributed by atoms with Gasteiger partial charge in [0.15, 0.2) is 0 Å². The van der Waals surface area contributed by atoms with Crippen molar-refractivity contribution in [3.8, 4) is 0 Å². The predicted molar refractivity (Wildman–Crippen MR) is 88.5 cm³/mol. The van der Waals surface area contributed by atoms with Gasteiger partial charge in [-0.3, -0.25) is 0 Å². The van der Waals surface area contributed by atoms with Crippen LogP contribution in [0.5, 0.6) is 0 Å². The molecule has 0 bridgehead atoms. The highest BCUT2D eigenvalue weighted by molar-refractivity contribution is 5.09. The van der Waals surface area contributed by atoms with Crippen LogP contribution in [0.3, 0.4) is 0 Å². The lowest BCUT2D eigenvalue weighted by Crippen LogP contribution is -2.54. The van der Waals surface area contributed by atoms with E-state index in [0.717, 1.165) is 36.5 Å². The Labute approximate surface area is 136 Å². The lowest BCUT2D eigenvalue weighted by atomic mass is 9.45. The van der Waals surface area contributed by atoms with E-state index in [1.165, 1.54) is 44.9 Å². The van der Waals surface area contributed by atoms with Crippen LogP contribution in [-0.2, 0) is 4.74 Å². The van der Waals surface area contributed by atoms with Crippen molar-refractivity contribution in [3.63, 3.8) is 0 Å². The number of ether oxygens (including phenoxy) is 1.